The lowest BCUT2D eigenvalue weighted by atomic mass is 9.95. The van der Waals surface area contributed by atoms with Crippen LogP contribution in [0.4, 0.5) is 5.69 Å². The Hall–Kier alpha value is -3.59. The summed E-state index contributed by atoms with van der Waals surface area (Å²) >= 11 is 2.18. The van der Waals surface area contributed by atoms with Crippen molar-refractivity contribution in [2.75, 3.05) is 19.1 Å². The van der Waals surface area contributed by atoms with Crippen LogP contribution in [0.1, 0.15) is 17.2 Å². The van der Waals surface area contributed by atoms with Gasteiger partial charge >= 0.3 is 0 Å². The summed E-state index contributed by atoms with van der Waals surface area (Å²) in [7, 11) is 3.05. The fraction of sp³-hybridized carbons (Fsp3) is 0.111. The minimum absolute atomic E-state index is 0.00273. The summed E-state index contributed by atoms with van der Waals surface area (Å²) in [6.07, 6.45) is 3.03. The number of methoxy groups -OCH3 is 2. The van der Waals surface area contributed by atoms with Crippen molar-refractivity contribution in [2.24, 2.45) is 0 Å². The van der Waals surface area contributed by atoms with E-state index in [0.717, 1.165) is 9.13 Å². The number of rotatable bonds is 7. The molecule has 1 amide bonds. The number of anilines is 1. The van der Waals surface area contributed by atoms with Crippen LogP contribution in [0.25, 0.3) is 6.08 Å². The highest BCUT2D eigenvalue weighted by Gasteiger charge is 2.44. The van der Waals surface area contributed by atoms with Crippen molar-refractivity contribution in [3.05, 3.63) is 105 Å². The normalized spacial score (nSPS) is 15.8. The minimum Gasteiger partial charge on any atom is -0.503 e. The number of allylic oxidation sites excluding steroid dienone is 1. The molecule has 1 heterocycles. The Bertz CT molecular complexity index is 1280. The van der Waals surface area contributed by atoms with Crippen LogP contribution in [0.2, 0.25) is 0 Å². The Morgan fingerprint density at radius 2 is 1.65 bits per heavy atom. The van der Waals surface area contributed by atoms with Gasteiger partial charge in [0.15, 0.2) is 23.0 Å². The molecule has 1 N–H and O–H groups in total. The van der Waals surface area contributed by atoms with E-state index in [0.29, 0.717) is 22.7 Å². The number of nitrogens with zero attached hydrogens (tertiary/aromatic N) is 1. The van der Waals surface area contributed by atoms with Crippen LogP contribution in [0.5, 0.6) is 11.5 Å². The van der Waals surface area contributed by atoms with Crippen molar-refractivity contribution in [3.8, 4) is 11.5 Å². The molecule has 6 nitrogen and oxygen atoms in total. The van der Waals surface area contributed by atoms with Gasteiger partial charge in [0.2, 0.25) is 0 Å². The molecular formula is C27H22INO5. The highest BCUT2D eigenvalue weighted by atomic mass is 127. The third-order valence-corrected chi connectivity index (χ3v) is 6.25. The summed E-state index contributed by atoms with van der Waals surface area (Å²) in [5.41, 5.74) is 2.00. The lowest BCUT2D eigenvalue weighted by Gasteiger charge is -2.27. The molecular weight excluding hydrogens is 545 g/mol. The molecule has 0 fully saturated rings. The first-order chi connectivity index (χ1) is 16.4. The van der Waals surface area contributed by atoms with E-state index in [1.807, 2.05) is 42.5 Å². The molecule has 7 heteroatoms. The molecule has 1 aliphatic heterocycles. The molecule has 0 spiro atoms. The van der Waals surface area contributed by atoms with Crippen LogP contribution in [-0.4, -0.2) is 31.0 Å². The zero-order valence-electron chi connectivity index (χ0n) is 18.6. The van der Waals surface area contributed by atoms with Gasteiger partial charge in [0, 0.05) is 9.26 Å². The third-order valence-electron chi connectivity index (χ3n) is 5.53. The zero-order valence-corrected chi connectivity index (χ0v) is 20.7. The summed E-state index contributed by atoms with van der Waals surface area (Å²) in [4.78, 5) is 28.0. The third kappa shape index (κ3) is 4.56. The van der Waals surface area contributed by atoms with E-state index in [-0.39, 0.29) is 5.57 Å². The molecule has 34 heavy (non-hydrogen) atoms. The number of aliphatic hydroxyl groups excluding tert-OH is 1. The molecule has 1 atom stereocenters. The van der Waals surface area contributed by atoms with Gasteiger partial charge in [0.1, 0.15) is 0 Å². The van der Waals surface area contributed by atoms with Crippen molar-refractivity contribution in [3.63, 3.8) is 0 Å². The van der Waals surface area contributed by atoms with Crippen molar-refractivity contribution < 1.29 is 24.2 Å². The summed E-state index contributed by atoms with van der Waals surface area (Å²) < 4.78 is 11.8. The van der Waals surface area contributed by atoms with Gasteiger partial charge in [0.05, 0.1) is 25.8 Å². The Kier molecular flexibility index (Phi) is 7.02. The molecule has 0 saturated heterocycles. The average molecular weight is 567 g/mol. The molecule has 172 valence electrons. The quantitative estimate of drug-likeness (QED) is 0.302. The molecule has 3 aromatic carbocycles. The van der Waals surface area contributed by atoms with Gasteiger partial charge in [-0.15, -0.1) is 0 Å². The monoisotopic (exact) mass is 567 g/mol. The second-order valence-corrected chi connectivity index (χ2v) is 8.78. The molecule has 0 aliphatic carbocycles. The number of halogens is 1. The Labute approximate surface area is 211 Å². The van der Waals surface area contributed by atoms with Crippen LogP contribution in [0, 0.1) is 3.57 Å². The van der Waals surface area contributed by atoms with Crippen molar-refractivity contribution in [1.29, 1.82) is 0 Å². The smallest absolute Gasteiger partial charge is 0.294 e. The number of hydrogen-bond acceptors (Lipinski definition) is 5. The lowest BCUT2D eigenvalue weighted by molar-refractivity contribution is -0.117. The highest BCUT2D eigenvalue weighted by molar-refractivity contribution is 14.1. The number of carbonyl (C=O) groups excluding carboxylic acids is 2. The van der Waals surface area contributed by atoms with Crippen LogP contribution in [0.3, 0.4) is 0 Å². The van der Waals surface area contributed by atoms with E-state index < -0.39 is 23.5 Å². The van der Waals surface area contributed by atoms with Crippen molar-refractivity contribution in [2.45, 2.75) is 6.04 Å². The van der Waals surface area contributed by atoms with Gasteiger partial charge in [-0.25, -0.2) is 0 Å². The van der Waals surface area contributed by atoms with Gasteiger partial charge in [-0.05, 0) is 76.2 Å². The molecule has 4 rings (SSSR count). The molecule has 0 unspecified atom stereocenters. The summed E-state index contributed by atoms with van der Waals surface area (Å²) in [5, 5.41) is 10.8. The van der Waals surface area contributed by atoms with Gasteiger partial charge in [0.25, 0.3) is 5.91 Å². The van der Waals surface area contributed by atoms with Gasteiger partial charge < -0.3 is 14.6 Å². The lowest BCUT2D eigenvalue weighted by Crippen LogP contribution is -2.30. The number of aliphatic hydroxyl groups is 1. The van der Waals surface area contributed by atoms with E-state index in [2.05, 4.69) is 22.6 Å². The van der Waals surface area contributed by atoms with Crippen molar-refractivity contribution >= 4 is 46.0 Å². The fourth-order valence-corrected chi connectivity index (χ4v) is 4.25. The van der Waals surface area contributed by atoms with Crippen LogP contribution < -0.4 is 14.4 Å². The maximum atomic E-state index is 13.3. The van der Waals surface area contributed by atoms with Crippen molar-refractivity contribution in [1.82, 2.24) is 0 Å². The molecule has 1 aliphatic rings. The van der Waals surface area contributed by atoms with Crippen LogP contribution in [0.15, 0.2) is 90.2 Å². The first kappa shape index (κ1) is 23.6. The average Bonchev–Trinajstić information content (AvgIpc) is 3.13. The molecule has 0 radical (unpaired) electrons. The predicted molar refractivity (Wildman–Crippen MR) is 139 cm³/mol. The molecule has 0 saturated carbocycles. The largest absolute Gasteiger partial charge is 0.503 e. The van der Waals surface area contributed by atoms with Gasteiger partial charge in [-0.2, -0.15) is 0 Å². The van der Waals surface area contributed by atoms with E-state index in [1.165, 1.54) is 25.2 Å². The Morgan fingerprint density at radius 1 is 0.971 bits per heavy atom. The van der Waals surface area contributed by atoms with E-state index >= 15 is 0 Å². The molecule has 0 aromatic heterocycles. The standard InChI is InChI=1S/C27H22INO5/c1-33-22-15-9-18(16-23(22)34-2)25-24(21(30)14-8-17-6-4-3-5-7-17)26(31)27(32)29(25)20-12-10-19(28)11-13-20/h3-16,25,31H,1-2H3/b14-8+/t25-/m0/s1. The SMILES string of the molecule is COc1ccc([C@H]2C(C(=O)/C=C/c3ccccc3)=C(O)C(=O)N2c2ccc(I)cc2)cc1OC. The second kappa shape index (κ2) is 10.1. The number of carbonyl (C=O) groups is 2. The number of amides is 1. The zero-order chi connectivity index (χ0) is 24.2. The van der Waals surface area contributed by atoms with Gasteiger partial charge in [-0.1, -0.05) is 42.5 Å². The Balaban J connectivity index is 1.82. The molecule has 0 bridgehead atoms. The Morgan fingerprint density at radius 3 is 2.29 bits per heavy atom. The maximum absolute atomic E-state index is 13.3. The van der Waals surface area contributed by atoms with E-state index in [9.17, 15) is 14.7 Å². The number of ether oxygens (including phenoxy) is 2. The minimum atomic E-state index is -0.847. The first-order valence-electron chi connectivity index (χ1n) is 10.5. The summed E-state index contributed by atoms with van der Waals surface area (Å²) in [5.74, 6) is -0.699. The predicted octanol–water partition coefficient (Wildman–Crippen LogP) is 5.49. The highest BCUT2D eigenvalue weighted by Crippen LogP contribution is 2.43. The first-order valence-corrected chi connectivity index (χ1v) is 11.5. The number of ketones is 1. The summed E-state index contributed by atoms with van der Waals surface area (Å²) in [6.45, 7) is 0. The van der Waals surface area contributed by atoms with Crippen LogP contribution in [-0.2, 0) is 9.59 Å². The fourth-order valence-electron chi connectivity index (χ4n) is 3.89. The topological polar surface area (TPSA) is 76.1 Å². The number of hydrogen-bond donors (Lipinski definition) is 1. The van der Waals surface area contributed by atoms with Crippen LogP contribution >= 0.6 is 22.6 Å². The van der Waals surface area contributed by atoms with Gasteiger partial charge in [-0.3, -0.25) is 14.5 Å². The summed E-state index contributed by atoms with van der Waals surface area (Å²) in [6, 6.07) is 21.0. The van der Waals surface area contributed by atoms with E-state index in [1.54, 1.807) is 36.4 Å². The van der Waals surface area contributed by atoms with E-state index in [4.69, 9.17) is 9.47 Å². The maximum Gasteiger partial charge on any atom is 0.294 e. The molecule has 3 aromatic rings. The number of benzene rings is 3. The second-order valence-electron chi connectivity index (χ2n) is 7.54.